The predicted octanol–water partition coefficient (Wildman–Crippen LogP) is 6.46. The van der Waals surface area contributed by atoms with Crippen molar-refractivity contribution in [3.8, 4) is 11.5 Å². The van der Waals surface area contributed by atoms with Gasteiger partial charge in [-0.3, -0.25) is 0 Å². The van der Waals surface area contributed by atoms with Crippen LogP contribution in [0.2, 0.25) is 0 Å². The monoisotopic (exact) mass is 434 g/mol. The molecule has 1 N–H and O–H groups in total. The second-order valence-electron chi connectivity index (χ2n) is 8.09. The molecule has 0 amide bonds. The molecule has 1 aliphatic carbocycles. The first kappa shape index (κ1) is 23.2. The highest BCUT2D eigenvalue weighted by molar-refractivity contribution is 5.33. The molecule has 1 fully saturated rings. The average molecular weight is 434 g/mol. The van der Waals surface area contributed by atoms with Crippen molar-refractivity contribution in [3.63, 3.8) is 0 Å². The smallest absolute Gasteiger partial charge is 0.200 e. The Balaban J connectivity index is 1.52. The van der Waals surface area contributed by atoms with Gasteiger partial charge in [0.2, 0.25) is 5.82 Å². The molecule has 1 aliphatic rings. The summed E-state index contributed by atoms with van der Waals surface area (Å²) in [7, 11) is 0. The quantitative estimate of drug-likeness (QED) is 0.363. The summed E-state index contributed by atoms with van der Waals surface area (Å²) >= 11 is 0. The lowest BCUT2D eigenvalue weighted by Crippen LogP contribution is -2.20. The summed E-state index contributed by atoms with van der Waals surface area (Å²) in [6.45, 7) is 5.76. The number of hydrogen-bond acceptors (Lipinski definition) is 3. The fraction of sp³-hybridized carbons (Fsp3) is 0.440. The molecule has 0 aliphatic heterocycles. The number of aliphatic hydroxyl groups is 1. The largest absolute Gasteiger partial charge is 0.493 e. The summed E-state index contributed by atoms with van der Waals surface area (Å²) in [5.41, 5.74) is 0.599. The van der Waals surface area contributed by atoms with Crippen molar-refractivity contribution < 1.29 is 27.8 Å². The van der Waals surface area contributed by atoms with Crippen LogP contribution in [0, 0.1) is 23.4 Å². The topological polar surface area (TPSA) is 38.7 Å². The minimum absolute atomic E-state index is 0.0930. The van der Waals surface area contributed by atoms with Crippen LogP contribution in [0.3, 0.4) is 0 Å². The van der Waals surface area contributed by atoms with E-state index in [-0.39, 0.29) is 35.6 Å². The van der Waals surface area contributed by atoms with E-state index < -0.39 is 17.7 Å². The van der Waals surface area contributed by atoms with Gasteiger partial charge in [-0.05, 0) is 74.6 Å². The molecule has 1 atom stereocenters. The van der Waals surface area contributed by atoms with Gasteiger partial charge < -0.3 is 14.6 Å². The molecule has 2 aromatic carbocycles. The minimum Gasteiger partial charge on any atom is -0.493 e. The maximum Gasteiger partial charge on any atom is 0.200 e. The lowest BCUT2D eigenvalue weighted by atomic mass is 9.79. The van der Waals surface area contributed by atoms with Gasteiger partial charge in [-0.15, -0.1) is 6.58 Å². The van der Waals surface area contributed by atoms with Crippen LogP contribution >= 0.6 is 0 Å². The molecule has 168 valence electrons. The number of benzene rings is 2. The fourth-order valence-electron chi connectivity index (χ4n) is 4.02. The lowest BCUT2D eigenvalue weighted by molar-refractivity contribution is 0.184. The molecule has 1 unspecified atom stereocenters. The maximum atomic E-state index is 14.6. The van der Waals surface area contributed by atoms with Crippen molar-refractivity contribution in [1.29, 1.82) is 0 Å². The number of rotatable bonds is 9. The highest BCUT2D eigenvalue weighted by atomic mass is 19.2. The Kier molecular flexibility index (Phi) is 8.02. The van der Waals surface area contributed by atoms with Crippen molar-refractivity contribution in [2.45, 2.75) is 51.0 Å². The summed E-state index contributed by atoms with van der Waals surface area (Å²) in [6.07, 6.45) is 4.61. The zero-order valence-corrected chi connectivity index (χ0v) is 17.8. The molecule has 0 aromatic heterocycles. The van der Waals surface area contributed by atoms with Gasteiger partial charge >= 0.3 is 0 Å². The van der Waals surface area contributed by atoms with Crippen molar-refractivity contribution in [3.05, 3.63) is 71.6 Å². The van der Waals surface area contributed by atoms with Crippen molar-refractivity contribution in [2.75, 3.05) is 13.2 Å². The molecular weight excluding hydrogens is 405 g/mol. The van der Waals surface area contributed by atoms with Crippen LogP contribution in [0.25, 0.3) is 0 Å². The molecule has 0 radical (unpaired) electrons. The Labute approximate surface area is 181 Å². The second kappa shape index (κ2) is 10.7. The zero-order chi connectivity index (χ0) is 22.4. The van der Waals surface area contributed by atoms with Gasteiger partial charge in [0.15, 0.2) is 11.6 Å². The summed E-state index contributed by atoms with van der Waals surface area (Å²) in [6, 6.07) is 7.71. The highest BCUT2D eigenvalue weighted by Gasteiger charge is 2.26. The normalized spacial score (nSPS) is 19.6. The Bertz CT molecular complexity index is 890. The Morgan fingerprint density at radius 2 is 1.81 bits per heavy atom. The van der Waals surface area contributed by atoms with Gasteiger partial charge in [0, 0.05) is 11.6 Å². The summed E-state index contributed by atoms with van der Waals surface area (Å²) < 4.78 is 53.8. The molecule has 0 bridgehead atoms. The van der Waals surface area contributed by atoms with Gasteiger partial charge in [-0.1, -0.05) is 12.1 Å². The Morgan fingerprint density at radius 3 is 2.45 bits per heavy atom. The third-order valence-electron chi connectivity index (χ3n) is 5.85. The molecule has 31 heavy (non-hydrogen) atoms. The van der Waals surface area contributed by atoms with Crippen LogP contribution in [-0.4, -0.2) is 18.3 Å². The van der Waals surface area contributed by atoms with E-state index in [1.807, 2.05) is 0 Å². The molecule has 3 nitrogen and oxygen atoms in total. The first-order valence-corrected chi connectivity index (χ1v) is 10.7. The van der Waals surface area contributed by atoms with Crippen LogP contribution < -0.4 is 9.47 Å². The van der Waals surface area contributed by atoms with E-state index in [0.717, 1.165) is 25.7 Å². The van der Waals surface area contributed by atoms with Crippen LogP contribution in [0.15, 0.2) is 43.0 Å². The average Bonchev–Trinajstić information content (AvgIpc) is 2.75. The summed E-state index contributed by atoms with van der Waals surface area (Å²) in [5.74, 6) is -1.74. The maximum absolute atomic E-state index is 14.6. The van der Waals surface area contributed by atoms with Gasteiger partial charge in [0.05, 0.1) is 19.3 Å². The molecule has 2 aromatic rings. The van der Waals surface area contributed by atoms with E-state index in [9.17, 15) is 18.3 Å². The summed E-state index contributed by atoms with van der Waals surface area (Å²) in [4.78, 5) is 0. The zero-order valence-electron chi connectivity index (χ0n) is 17.8. The summed E-state index contributed by atoms with van der Waals surface area (Å²) in [5, 5.41) is 9.47. The van der Waals surface area contributed by atoms with E-state index in [2.05, 4.69) is 6.58 Å². The van der Waals surface area contributed by atoms with Gasteiger partial charge in [0.1, 0.15) is 11.6 Å². The molecule has 0 spiro atoms. The van der Waals surface area contributed by atoms with Crippen LogP contribution in [0.5, 0.6) is 11.5 Å². The van der Waals surface area contributed by atoms with Crippen LogP contribution in [0.4, 0.5) is 13.2 Å². The number of aliphatic hydroxyl groups excluding tert-OH is 1. The van der Waals surface area contributed by atoms with Crippen molar-refractivity contribution in [2.24, 2.45) is 5.92 Å². The van der Waals surface area contributed by atoms with Crippen LogP contribution in [0.1, 0.15) is 62.2 Å². The molecular formula is C25H29F3O3. The number of halogens is 3. The number of hydrogen-bond donors (Lipinski definition) is 1. The van der Waals surface area contributed by atoms with Gasteiger partial charge in [-0.2, -0.15) is 4.39 Å². The van der Waals surface area contributed by atoms with E-state index in [1.54, 1.807) is 18.2 Å². The molecule has 0 saturated heterocycles. The third kappa shape index (κ3) is 5.82. The van der Waals surface area contributed by atoms with E-state index in [0.29, 0.717) is 24.3 Å². The Morgan fingerprint density at radius 1 is 1.06 bits per heavy atom. The van der Waals surface area contributed by atoms with Crippen molar-refractivity contribution in [1.82, 2.24) is 0 Å². The van der Waals surface area contributed by atoms with E-state index in [4.69, 9.17) is 9.47 Å². The Hall–Kier alpha value is -2.47. The predicted molar refractivity (Wildman–Crippen MR) is 114 cm³/mol. The first-order valence-electron chi connectivity index (χ1n) is 10.7. The second-order valence-corrected chi connectivity index (χ2v) is 8.09. The minimum atomic E-state index is -1.09. The van der Waals surface area contributed by atoms with E-state index in [1.165, 1.54) is 25.1 Å². The number of ether oxygens (including phenoxy) is 2. The third-order valence-corrected chi connectivity index (χ3v) is 5.85. The first-order chi connectivity index (χ1) is 14.9. The lowest BCUT2D eigenvalue weighted by Gasteiger charge is -2.29. The van der Waals surface area contributed by atoms with E-state index >= 15 is 0 Å². The standard InChI is InChI=1S/C25H29F3O3/c1-3-4-13-30-19-9-10-21(22(26)14-19)18-7-5-17(6-8-18)15-31-23-12-11-20(16(2)29)24(27)25(23)28/h3,9-12,14,16-18,29H,1,4-8,13,15H2,2H3. The van der Waals surface area contributed by atoms with Gasteiger partial charge in [-0.25, -0.2) is 8.78 Å². The highest BCUT2D eigenvalue weighted by Crippen LogP contribution is 2.38. The van der Waals surface area contributed by atoms with Gasteiger partial charge in [0.25, 0.3) is 0 Å². The molecule has 3 rings (SSSR count). The van der Waals surface area contributed by atoms with Crippen LogP contribution in [-0.2, 0) is 0 Å². The SMILES string of the molecule is C=CCCOc1ccc(C2CCC(COc3ccc(C(C)O)c(F)c3F)CC2)c(F)c1. The molecule has 1 saturated carbocycles. The molecule has 6 heteroatoms. The van der Waals surface area contributed by atoms with Crippen molar-refractivity contribution >= 4 is 0 Å². The fourth-order valence-corrected chi connectivity index (χ4v) is 4.02. The molecule has 0 heterocycles.